The molecule has 0 aliphatic rings. The summed E-state index contributed by atoms with van der Waals surface area (Å²) in [5.74, 6) is 0.675. The molecule has 7 nitrogen and oxygen atoms in total. The van der Waals surface area contributed by atoms with Crippen molar-refractivity contribution in [3.05, 3.63) is 95.1 Å². The third-order valence-electron chi connectivity index (χ3n) is 5.19. The Morgan fingerprint density at radius 3 is 2.61 bits per heavy atom. The lowest BCUT2D eigenvalue weighted by Gasteiger charge is -2.17. The van der Waals surface area contributed by atoms with Crippen molar-refractivity contribution in [3.63, 3.8) is 0 Å². The van der Waals surface area contributed by atoms with E-state index in [4.69, 9.17) is 0 Å². The third kappa shape index (κ3) is 5.38. The average Bonchev–Trinajstić information content (AvgIpc) is 3.27. The lowest BCUT2D eigenvalue weighted by atomic mass is 9.95. The van der Waals surface area contributed by atoms with Crippen molar-refractivity contribution >= 4 is 23.2 Å². The van der Waals surface area contributed by atoms with E-state index in [2.05, 4.69) is 30.8 Å². The van der Waals surface area contributed by atoms with Gasteiger partial charge in [0.15, 0.2) is 5.82 Å². The van der Waals surface area contributed by atoms with Gasteiger partial charge in [-0.1, -0.05) is 24.3 Å². The monoisotopic (exact) mass is 448 g/mol. The van der Waals surface area contributed by atoms with E-state index in [1.54, 1.807) is 68.0 Å². The molecule has 2 aromatic carbocycles. The summed E-state index contributed by atoms with van der Waals surface area (Å²) in [5, 5.41) is 12.8. The quantitative estimate of drug-likeness (QED) is 0.343. The fraction of sp³-hybridized carbons (Fsp3) is 0.167. The number of aromatic nitrogens is 4. The number of aryl methyl sites for hydroxylation is 2. The summed E-state index contributed by atoms with van der Waals surface area (Å²) >= 11 is 0. The molecular formula is C24H22F2N6O. The highest BCUT2D eigenvalue weighted by Gasteiger charge is 2.21. The number of aromatic amines is 1. The Balaban J connectivity index is 1.51. The molecule has 33 heavy (non-hydrogen) atoms. The Hall–Kier alpha value is -4.14. The zero-order valence-electron chi connectivity index (χ0n) is 17.8. The third-order valence-corrected chi connectivity index (χ3v) is 5.19. The largest absolute Gasteiger partial charge is 0.322 e. The second-order valence-electron chi connectivity index (χ2n) is 7.44. The number of nitrogens with zero attached hydrogens (tertiary/aromatic N) is 3. The van der Waals surface area contributed by atoms with Crippen LogP contribution in [0.5, 0.6) is 0 Å². The van der Waals surface area contributed by atoms with E-state index in [1.165, 1.54) is 6.07 Å². The minimum atomic E-state index is -2.73. The minimum Gasteiger partial charge on any atom is -0.322 e. The molecule has 0 radical (unpaired) electrons. The highest BCUT2D eigenvalue weighted by Crippen LogP contribution is 2.34. The highest BCUT2D eigenvalue weighted by atomic mass is 19.3. The first-order chi connectivity index (χ1) is 16.0. The Labute approximate surface area is 189 Å². The highest BCUT2D eigenvalue weighted by molar-refractivity contribution is 6.04. The van der Waals surface area contributed by atoms with E-state index < -0.39 is 12.3 Å². The zero-order chi connectivity index (χ0) is 23.2. The van der Waals surface area contributed by atoms with Crippen LogP contribution in [-0.4, -0.2) is 26.1 Å². The predicted molar refractivity (Wildman–Crippen MR) is 122 cm³/mol. The van der Waals surface area contributed by atoms with Crippen molar-refractivity contribution in [2.24, 2.45) is 0 Å². The molecule has 168 valence electrons. The normalized spacial score (nSPS) is 10.9. The molecule has 0 bridgehead atoms. The van der Waals surface area contributed by atoms with E-state index in [-0.39, 0.29) is 11.3 Å². The molecule has 0 saturated carbocycles. The second-order valence-corrected chi connectivity index (χ2v) is 7.44. The molecule has 0 aliphatic carbocycles. The smallest absolute Gasteiger partial charge is 0.266 e. The van der Waals surface area contributed by atoms with Gasteiger partial charge in [-0.15, -0.1) is 0 Å². The molecule has 9 heteroatoms. The van der Waals surface area contributed by atoms with Crippen molar-refractivity contribution in [1.82, 2.24) is 20.2 Å². The van der Waals surface area contributed by atoms with E-state index >= 15 is 0 Å². The summed E-state index contributed by atoms with van der Waals surface area (Å²) in [6.45, 7) is 1.79. The van der Waals surface area contributed by atoms with Crippen LogP contribution in [0.1, 0.15) is 39.2 Å². The van der Waals surface area contributed by atoms with Gasteiger partial charge in [0.25, 0.3) is 12.3 Å². The molecule has 4 aromatic rings. The number of benzene rings is 2. The number of alkyl halides is 2. The summed E-state index contributed by atoms with van der Waals surface area (Å²) < 4.78 is 28.2. The molecule has 0 spiro atoms. The minimum absolute atomic E-state index is 0.120. The van der Waals surface area contributed by atoms with Crippen LogP contribution in [-0.2, 0) is 12.8 Å². The molecule has 3 N–H and O–H groups in total. The summed E-state index contributed by atoms with van der Waals surface area (Å²) in [7, 11) is 0. The van der Waals surface area contributed by atoms with Crippen LogP contribution < -0.4 is 10.6 Å². The summed E-state index contributed by atoms with van der Waals surface area (Å²) in [6.07, 6.45) is 2.79. The Kier molecular flexibility index (Phi) is 6.68. The number of hydrogen-bond donors (Lipinski definition) is 3. The number of amides is 1. The summed E-state index contributed by atoms with van der Waals surface area (Å²) in [6, 6.07) is 13.6. The molecule has 4 rings (SSSR count). The molecular weight excluding hydrogens is 426 g/mol. The molecule has 0 aliphatic heterocycles. The van der Waals surface area contributed by atoms with E-state index in [1.807, 2.05) is 0 Å². The first-order valence-corrected chi connectivity index (χ1v) is 10.4. The van der Waals surface area contributed by atoms with Gasteiger partial charge < -0.3 is 10.6 Å². The molecule has 0 atom stereocenters. The molecule has 0 unspecified atom stereocenters. The predicted octanol–water partition coefficient (Wildman–Crippen LogP) is 5.23. The first-order valence-electron chi connectivity index (χ1n) is 10.4. The lowest BCUT2D eigenvalue weighted by molar-refractivity contribution is 0.102. The van der Waals surface area contributed by atoms with E-state index in [0.717, 1.165) is 11.3 Å². The molecule has 0 fully saturated rings. The summed E-state index contributed by atoms with van der Waals surface area (Å²) in [5.41, 5.74) is 2.39. The van der Waals surface area contributed by atoms with Crippen molar-refractivity contribution in [2.45, 2.75) is 26.2 Å². The maximum Gasteiger partial charge on any atom is 0.266 e. The number of hydrogen-bond acceptors (Lipinski definition) is 5. The van der Waals surface area contributed by atoms with Gasteiger partial charge in [0.2, 0.25) is 0 Å². The first kappa shape index (κ1) is 22.1. The Morgan fingerprint density at radius 1 is 1.06 bits per heavy atom. The van der Waals surface area contributed by atoms with Crippen LogP contribution in [0, 0.1) is 6.92 Å². The van der Waals surface area contributed by atoms with Crippen molar-refractivity contribution in [1.29, 1.82) is 0 Å². The van der Waals surface area contributed by atoms with Gasteiger partial charge in [-0.05, 0) is 49.1 Å². The maximum atomic E-state index is 14.1. The van der Waals surface area contributed by atoms with Crippen LogP contribution in [0.15, 0.2) is 67.1 Å². The standard InChI is InChI=1S/C24H22F2N6O/c1-15-7-10-19(29-24(33)16-5-3-2-4-6-16)22(23(25)26)18(15)9-8-17-13-20(32-31-17)30-21-14-27-11-12-28-21/h2-7,10-14,23H,8-9H2,1H3,(H,29,33)(H2,28,30,31,32). The van der Waals surface area contributed by atoms with Gasteiger partial charge >= 0.3 is 0 Å². The molecule has 1 amide bonds. The van der Waals surface area contributed by atoms with Gasteiger partial charge in [0, 0.05) is 35.3 Å². The van der Waals surface area contributed by atoms with E-state index in [0.29, 0.717) is 35.6 Å². The van der Waals surface area contributed by atoms with Gasteiger partial charge in [-0.2, -0.15) is 5.10 Å². The number of H-pyrrole nitrogens is 1. The number of carbonyl (C=O) groups is 1. The Bertz CT molecular complexity index is 1230. The number of carbonyl (C=O) groups excluding carboxylic acids is 1. The number of nitrogens with one attached hydrogen (secondary N) is 3. The van der Waals surface area contributed by atoms with Gasteiger partial charge in [0.05, 0.1) is 11.9 Å². The van der Waals surface area contributed by atoms with Crippen molar-refractivity contribution in [3.8, 4) is 0 Å². The molecule has 2 aromatic heterocycles. The van der Waals surface area contributed by atoms with Gasteiger partial charge in [-0.25, -0.2) is 13.8 Å². The van der Waals surface area contributed by atoms with Crippen LogP contribution in [0.3, 0.4) is 0 Å². The summed E-state index contributed by atoms with van der Waals surface area (Å²) in [4.78, 5) is 20.6. The van der Waals surface area contributed by atoms with Crippen LogP contribution in [0.25, 0.3) is 0 Å². The van der Waals surface area contributed by atoms with Crippen LogP contribution >= 0.6 is 0 Å². The maximum absolute atomic E-state index is 14.1. The van der Waals surface area contributed by atoms with Crippen LogP contribution in [0.2, 0.25) is 0 Å². The number of rotatable bonds is 8. The SMILES string of the molecule is Cc1ccc(NC(=O)c2ccccc2)c(C(F)F)c1CCc1cc(Nc2cnccn2)n[nH]1. The van der Waals surface area contributed by atoms with Gasteiger partial charge in [-0.3, -0.25) is 14.9 Å². The molecule has 2 heterocycles. The van der Waals surface area contributed by atoms with Crippen molar-refractivity contribution in [2.75, 3.05) is 10.6 Å². The van der Waals surface area contributed by atoms with E-state index in [9.17, 15) is 13.6 Å². The number of halogens is 2. The average molecular weight is 448 g/mol. The number of anilines is 3. The second kappa shape index (κ2) is 9.99. The topological polar surface area (TPSA) is 95.6 Å². The fourth-order valence-corrected chi connectivity index (χ4v) is 3.56. The Morgan fingerprint density at radius 2 is 1.88 bits per heavy atom. The van der Waals surface area contributed by atoms with Crippen molar-refractivity contribution < 1.29 is 13.6 Å². The van der Waals surface area contributed by atoms with Crippen LogP contribution in [0.4, 0.5) is 26.1 Å². The molecule has 0 saturated heterocycles. The lowest BCUT2D eigenvalue weighted by Crippen LogP contribution is -2.15. The fourth-order valence-electron chi connectivity index (χ4n) is 3.56. The van der Waals surface area contributed by atoms with Gasteiger partial charge in [0.1, 0.15) is 5.82 Å². The zero-order valence-corrected chi connectivity index (χ0v) is 17.8.